The van der Waals surface area contributed by atoms with Crippen molar-refractivity contribution in [2.24, 2.45) is 15.8 Å². The SMILES string of the molecule is C=C(C)C1(C)C=NC=C2C=CC(C)(C)C=CC2=C1. The van der Waals surface area contributed by atoms with E-state index in [1.165, 1.54) is 5.57 Å². The standard InChI is InChI=1S/C17H21N/c1-13(2)17(5)10-14-6-8-16(3,4)9-7-15(14)11-18-12-17/h6-12H,1H2,2-5H3. The van der Waals surface area contributed by atoms with Crippen LogP contribution in [0, 0.1) is 10.8 Å². The summed E-state index contributed by atoms with van der Waals surface area (Å²) in [4.78, 5) is 4.43. The van der Waals surface area contributed by atoms with E-state index in [1.54, 1.807) is 0 Å². The van der Waals surface area contributed by atoms with E-state index >= 15 is 0 Å². The maximum absolute atomic E-state index is 4.43. The van der Waals surface area contributed by atoms with E-state index < -0.39 is 0 Å². The quantitative estimate of drug-likeness (QED) is 0.592. The highest BCUT2D eigenvalue weighted by atomic mass is 14.7. The van der Waals surface area contributed by atoms with Gasteiger partial charge in [0.05, 0.1) is 0 Å². The van der Waals surface area contributed by atoms with Crippen molar-refractivity contribution in [1.29, 1.82) is 0 Å². The first-order chi connectivity index (χ1) is 8.32. The second-order valence-electron chi connectivity index (χ2n) is 6.01. The average Bonchev–Trinajstić information content (AvgIpc) is 2.51. The Morgan fingerprint density at radius 3 is 2.33 bits per heavy atom. The molecular weight excluding hydrogens is 218 g/mol. The molecule has 1 aliphatic heterocycles. The number of rotatable bonds is 1. The molecule has 2 rings (SSSR count). The monoisotopic (exact) mass is 239 g/mol. The predicted octanol–water partition coefficient (Wildman–Crippen LogP) is 4.62. The molecule has 1 unspecified atom stereocenters. The lowest BCUT2D eigenvalue weighted by atomic mass is 9.82. The van der Waals surface area contributed by atoms with Crippen LogP contribution in [0.3, 0.4) is 0 Å². The summed E-state index contributed by atoms with van der Waals surface area (Å²) in [5, 5.41) is 0. The Labute approximate surface area is 110 Å². The van der Waals surface area contributed by atoms with Crippen LogP contribution in [0.2, 0.25) is 0 Å². The minimum Gasteiger partial charge on any atom is -0.267 e. The van der Waals surface area contributed by atoms with Crippen LogP contribution in [-0.2, 0) is 0 Å². The van der Waals surface area contributed by atoms with Gasteiger partial charge >= 0.3 is 0 Å². The maximum atomic E-state index is 4.43. The molecule has 1 atom stereocenters. The van der Waals surface area contributed by atoms with Gasteiger partial charge in [-0.3, -0.25) is 4.99 Å². The zero-order chi connectivity index (χ0) is 13.4. The molecule has 0 radical (unpaired) electrons. The highest BCUT2D eigenvalue weighted by molar-refractivity contribution is 5.76. The topological polar surface area (TPSA) is 12.4 Å². The van der Waals surface area contributed by atoms with Crippen LogP contribution in [0.1, 0.15) is 27.7 Å². The molecule has 0 aromatic heterocycles. The Kier molecular flexibility index (Phi) is 3.02. The number of aliphatic imine (C=N–C) groups is 1. The van der Waals surface area contributed by atoms with E-state index in [4.69, 9.17) is 0 Å². The van der Waals surface area contributed by atoms with Gasteiger partial charge in [-0.1, -0.05) is 56.4 Å². The van der Waals surface area contributed by atoms with Crippen molar-refractivity contribution in [1.82, 2.24) is 0 Å². The van der Waals surface area contributed by atoms with Crippen molar-refractivity contribution >= 4 is 6.21 Å². The Morgan fingerprint density at radius 1 is 1.11 bits per heavy atom. The third kappa shape index (κ3) is 2.45. The summed E-state index contributed by atoms with van der Waals surface area (Å²) in [6.45, 7) is 12.7. The van der Waals surface area contributed by atoms with Crippen molar-refractivity contribution in [3.05, 3.63) is 59.9 Å². The first-order valence-corrected chi connectivity index (χ1v) is 6.35. The summed E-state index contributed by atoms with van der Waals surface area (Å²) in [5.41, 5.74) is 3.42. The molecule has 0 amide bonds. The molecule has 0 fully saturated rings. The zero-order valence-corrected chi connectivity index (χ0v) is 11.7. The summed E-state index contributed by atoms with van der Waals surface area (Å²) < 4.78 is 0. The summed E-state index contributed by atoms with van der Waals surface area (Å²) in [5.74, 6) is 0. The third-order valence-electron chi connectivity index (χ3n) is 3.65. The number of hydrogen-bond acceptors (Lipinski definition) is 1. The van der Waals surface area contributed by atoms with Crippen molar-refractivity contribution in [2.45, 2.75) is 27.7 Å². The van der Waals surface area contributed by atoms with Crippen LogP contribution in [0.4, 0.5) is 0 Å². The molecule has 0 N–H and O–H groups in total. The van der Waals surface area contributed by atoms with Crippen molar-refractivity contribution in [3.8, 4) is 0 Å². The minimum absolute atomic E-state index is 0.0945. The molecule has 94 valence electrons. The second kappa shape index (κ2) is 4.24. The fourth-order valence-electron chi connectivity index (χ4n) is 1.97. The van der Waals surface area contributed by atoms with Crippen LogP contribution < -0.4 is 0 Å². The van der Waals surface area contributed by atoms with E-state index in [9.17, 15) is 0 Å². The number of fused-ring (bicyclic) bond motifs is 1. The van der Waals surface area contributed by atoms with Gasteiger partial charge in [-0.15, -0.1) is 0 Å². The van der Waals surface area contributed by atoms with E-state index in [0.717, 1.165) is 11.1 Å². The summed E-state index contributed by atoms with van der Waals surface area (Å²) in [7, 11) is 0. The lowest BCUT2D eigenvalue weighted by Crippen LogP contribution is -2.16. The van der Waals surface area contributed by atoms with Crippen LogP contribution >= 0.6 is 0 Å². The number of allylic oxidation sites excluding steroid dienone is 8. The number of hydrogen-bond donors (Lipinski definition) is 0. The first-order valence-electron chi connectivity index (χ1n) is 6.35. The number of nitrogens with zero attached hydrogens (tertiary/aromatic N) is 1. The Morgan fingerprint density at radius 2 is 1.72 bits per heavy atom. The van der Waals surface area contributed by atoms with Gasteiger partial charge in [0.1, 0.15) is 0 Å². The van der Waals surface area contributed by atoms with E-state index in [1.807, 2.05) is 19.3 Å². The van der Waals surface area contributed by atoms with Crippen molar-refractivity contribution in [2.75, 3.05) is 0 Å². The molecule has 0 saturated carbocycles. The van der Waals surface area contributed by atoms with Gasteiger partial charge < -0.3 is 0 Å². The summed E-state index contributed by atoms with van der Waals surface area (Å²) >= 11 is 0. The molecule has 1 heterocycles. The van der Waals surface area contributed by atoms with Gasteiger partial charge in [0.25, 0.3) is 0 Å². The lowest BCUT2D eigenvalue weighted by Gasteiger charge is -2.21. The molecular formula is C17H21N. The third-order valence-corrected chi connectivity index (χ3v) is 3.65. The Balaban J connectivity index is 2.54. The van der Waals surface area contributed by atoms with Gasteiger partial charge in [0.15, 0.2) is 0 Å². The molecule has 0 saturated heterocycles. The Bertz CT molecular complexity index is 524. The summed E-state index contributed by atoms with van der Waals surface area (Å²) in [6, 6.07) is 0. The highest BCUT2D eigenvalue weighted by Gasteiger charge is 2.24. The summed E-state index contributed by atoms with van der Waals surface area (Å²) in [6.07, 6.45) is 15.0. The fraction of sp³-hybridized carbons (Fsp3) is 0.353. The highest BCUT2D eigenvalue weighted by Crippen LogP contribution is 2.34. The minimum atomic E-state index is -0.166. The molecule has 0 aromatic carbocycles. The van der Waals surface area contributed by atoms with E-state index in [-0.39, 0.29) is 10.8 Å². The molecule has 0 spiro atoms. The van der Waals surface area contributed by atoms with Crippen LogP contribution in [0.15, 0.2) is 64.9 Å². The Hall–Kier alpha value is -1.63. The van der Waals surface area contributed by atoms with Crippen LogP contribution in [-0.4, -0.2) is 6.21 Å². The van der Waals surface area contributed by atoms with Crippen molar-refractivity contribution < 1.29 is 0 Å². The molecule has 2 aliphatic rings. The average molecular weight is 239 g/mol. The van der Waals surface area contributed by atoms with Crippen LogP contribution in [0.25, 0.3) is 0 Å². The van der Waals surface area contributed by atoms with Gasteiger partial charge in [-0.2, -0.15) is 0 Å². The maximum Gasteiger partial charge on any atom is 0.0420 e. The van der Waals surface area contributed by atoms with Gasteiger partial charge in [0.2, 0.25) is 0 Å². The second-order valence-corrected chi connectivity index (χ2v) is 6.01. The molecule has 1 nitrogen and oxygen atoms in total. The molecule has 1 heteroatoms. The first kappa shape index (κ1) is 12.8. The molecule has 18 heavy (non-hydrogen) atoms. The molecule has 1 aliphatic carbocycles. The largest absolute Gasteiger partial charge is 0.267 e. The van der Waals surface area contributed by atoms with Gasteiger partial charge in [-0.25, -0.2) is 0 Å². The molecule has 0 aromatic rings. The zero-order valence-electron chi connectivity index (χ0n) is 11.7. The van der Waals surface area contributed by atoms with E-state index in [0.29, 0.717) is 0 Å². The van der Waals surface area contributed by atoms with Gasteiger partial charge in [-0.05, 0) is 25.0 Å². The predicted molar refractivity (Wildman–Crippen MR) is 79.6 cm³/mol. The van der Waals surface area contributed by atoms with E-state index in [2.05, 4.69) is 62.7 Å². The van der Waals surface area contributed by atoms with Crippen molar-refractivity contribution in [3.63, 3.8) is 0 Å². The molecule has 0 bridgehead atoms. The van der Waals surface area contributed by atoms with Crippen LogP contribution in [0.5, 0.6) is 0 Å². The smallest absolute Gasteiger partial charge is 0.0420 e. The van der Waals surface area contributed by atoms with Gasteiger partial charge in [0, 0.05) is 23.2 Å². The lowest BCUT2D eigenvalue weighted by molar-refractivity contribution is 0.627. The fourth-order valence-corrected chi connectivity index (χ4v) is 1.97. The normalized spacial score (nSPS) is 28.9.